The van der Waals surface area contributed by atoms with Gasteiger partial charge in [-0.05, 0) is 29.7 Å². The van der Waals surface area contributed by atoms with Crippen molar-refractivity contribution in [2.24, 2.45) is 0 Å². The lowest BCUT2D eigenvalue weighted by molar-refractivity contribution is -0.122. The lowest BCUT2D eigenvalue weighted by Crippen LogP contribution is -2.29. The minimum Gasteiger partial charge on any atom is -0.486 e. The Hall–Kier alpha value is -2.49. The molecule has 126 valence electrons. The van der Waals surface area contributed by atoms with Crippen LogP contribution >= 0.6 is 0 Å². The van der Waals surface area contributed by atoms with E-state index in [1.165, 1.54) is 0 Å². The summed E-state index contributed by atoms with van der Waals surface area (Å²) in [7, 11) is 0. The molecular formula is C20H23NO3. The van der Waals surface area contributed by atoms with Gasteiger partial charge >= 0.3 is 0 Å². The fraction of sp³-hybridized carbons (Fsp3) is 0.350. The predicted molar refractivity (Wildman–Crippen MR) is 93.4 cm³/mol. The third-order valence-electron chi connectivity index (χ3n) is 4.17. The van der Waals surface area contributed by atoms with Crippen molar-refractivity contribution in [3.05, 3.63) is 59.7 Å². The van der Waals surface area contributed by atoms with Crippen LogP contribution in [0.3, 0.4) is 0 Å². The lowest BCUT2D eigenvalue weighted by atomic mass is 9.93. The fourth-order valence-electron chi connectivity index (χ4n) is 2.93. The van der Waals surface area contributed by atoms with Gasteiger partial charge in [-0.25, -0.2) is 0 Å². The van der Waals surface area contributed by atoms with Gasteiger partial charge in [0.1, 0.15) is 13.2 Å². The molecule has 0 saturated heterocycles. The smallest absolute Gasteiger partial charge is 0.227 e. The van der Waals surface area contributed by atoms with E-state index >= 15 is 0 Å². The Morgan fingerprint density at radius 1 is 1.08 bits per heavy atom. The van der Waals surface area contributed by atoms with Crippen molar-refractivity contribution in [2.75, 3.05) is 13.2 Å². The van der Waals surface area contributed by atoms with Gasteiger partial charge in [-0.1, -0.05) is 49.7 Å². The van der Waals surface area contributed by atoms with Crippen LogP contribution in [0.5, 0.6) is 11.5 Å². The highest BCUT2D eigenvalue weighted by Gasteiger charge is 2.19. The largest absolute Gasteiger partial charge is 0.486 e. The predicted octanol–water partition coefficient (Wildman–Crippen LogP) is 3.66. The molecule has 1 amide bonds. The molecular weight excluding hydrogens is 302 g/mol. The van der Waals surface area contributed by atoms with Gasteiger partial charge in [0.15, 0.2) is 11.5 Å². The number of nitrogens with one attached hydrogen (secondary N) is 1. The number of carbonyl (C=O) groups excluding carboxylic acids is 1. The Balaban J connectivity index is 1.65. The quantitative estimate of drug-likeness (QED) is 0.882. The molecule has 0 saturated carbocycles. The first-order valence-electron chi connectivity index (χ1n) is 8.49. The van der Waals surface area contributed by atoms with E-state index in [0.29, 0.717) is 19.8 Å². The van der Waals surface area contributed by atoms with Gasteiger partial charge in [-0.2, -0.15) is 0 Å². The number of amides is 1. The molecule has 2 aromatic rings. The van der Waals surface area contributed by atoms with Crippen molar-refractivity contribution in [3.8, 4) is 11.5 Å². The molecule has 1 atom stereocenters. The number of rotatable bonds is 6. The monoisotopic (exact) mass is 325 g/mol. The van der Waals surface area contributed by atoms with Gasteiger partial charge in [-0.3, -0.25) is 4.79 Å². The van der Waals surface area contributed by atoms with Gasteiger partial charge in [0.25, 0.3) is 0 Å². The van der Waals surface area contributed by atoms with Gasteiger partial charge < -0.3 is 14.8 Å². The first-order chi connectivity index (χ1) is 11.8. The fourth-order valence-corrected chi connectivity index (χ4v) is 2.93. The van der Waals surface area contributed by atoms with Crippen molar-refractivity contribution in [3.63, 3.8) is 0 Å². The summed E-state index contributed by atoms with van der Waals surface area (Å²) in [6, 6.07) is 15.8. The number of hydrogen-bond acceptors (Lipinski definition) is 3. The summed E-state index contributed by atoms with van der Waals surface area (Å²) in [5.74, 6) is 1.48. The molecule has 3 rings (SSSR count). The van der Waals surface area contributed by atoms with Crippen LogP contribution in [0.4, 0.5) is 0 Å². The highest BCUT2D eigenvalue weighted by atomic mass is 16.6. The molecule has 2 aromatic carbocycles. The van der Waals surface area contributed by atoms with Crippen LogP contribution in [0, 0.1) is 0 Å². The van der Waals surface area contributed by atoms with E-state index in [1.54, 1.807) is 0 Å². The zero-order chi connectivity index (χ0) is 16.8. The molecule has 4 heteroatoms. The second-order valence-electron chi connectivity index (χ2n) is 5.95. The third kappa shape index (κ3) is 3.88. The summed E-state index contributed by atoms with van der Waals surface area (Å²) < 4.78 is 11.1. The molecule has 1 heterocycles. The number of carbonyl (C=O) groups is 1. The SMILES string of the molecule is CCC[C@@H](C(=O)NCc1ccc2c(c1)OCCO2)c1ccccc1. The minimum atomic E-state index is -0.103. The van der Waals surface area contributed by atoms with Crippen LogP contribution < -0.4 is 14.8 Å². The van der Waals surface area contributed by atoms with Crippen molar-refractivity contribution >= 4 is 5.91 Å². The average Bonchev–Trinajstić information content (AvgIpc) is 2.64. The first-order valence-corrected chi connectivity index (χ1v) is 8.49. The minimum absolute atomic E-state index is 0.0675. The summed E-state index contributed by atoms with van der Waals surface area (Å²) >= 11 is 0. The van der Waals surface area contributed by atoms with E-state index < -0.39 is 0 Å². The van der Waals surface area contributed by atoms with Crippen LogP contribution in [-0.4, -0.2) is 19.1 Å². The zero-order valence-electron chi connectivity index (χ0n) is 14.0. The third-order valence-corrected chi connectivity index (χ3v) is 4.17. The van der Waals surface area contributed by atoms with Gasteiger partial charge in [-0.15, -0.1) is 0 Å². The van der Waals surface area contributed by atoms with Crippen molar-refractivity contribution in [1.82, 2.24) is 5.32 Å². The number of ether oxygens (including phenoxy) is 2. The Labute approximate surface area is 142 Å². The van der Waals surface area contributed by atoms with Crippen LogP contribution in [0.1, 0.15) is 36.8 Å². The second kappa shape index (κ2) is 7.86. The van der Waals surface area contributed by atoms with Crippen LogP contribution in [0.15, 0.2) is 48.5 Å². The highest BCUT2D eigenvalue weighted by molar-refractivity contribution is 5.83. The molecule has 1 aliphatic rings. The van der Waals surface area contributed by atoms with Crippen LogP contribution in [0.2, 0.25) is 0 Å². The normalized spacial score (nSPS) is 14.0. The summed E-state index contributed by atoms with van der Waals surface area (Å²) in [6.07, 6.45) is 1.81. The Morgan fingerprint density at radius 2 is 1.83 bits per heavy atom. The number of fused-ring (bicyclic) bond motifs is 1. The van der Waals surface area contributed by atoms with Gasteiger partial charge in [0, 0.05) is 6.54 Å². The van der Waals surface area contributed by atoms with E-state index in [1.807, 2.05) is 48.5 Å². The summed E-state index contributed by atoms with van der Waals surface area (Å²) in [4.78, 5) is 12.6. The molecule has 0 aliphatic carbocycles. The zero-order valence-corrected chi connectivity index (χ0v) is 14.0. The summed E-state index contributed by atoms with van der Waals surface area (Å²) in [5, 5.41) is 3.05. The molecule has 4 nitrogen and oxygen atoms in total. The number of hydrogen-bond donors (Lipinski definition) is 1. The van der Waals surface area contributed by atoms with Gasteiger partial charge in [0.05, 0.1) is 5.92 Å². The second-order valence-corrected chi connectivity index (χ2v) is 5.95. The molecule has 1 aliphatic heterocycles. The maximum atomic E-state index is 12.6. The van der Waals surface area contributed by atoms with Gasteiger partial charge in [0.2, 0.25) is 5.91 Å². The van der Waals surface area contributed by atoms with E-state index in [4.69, 9.17) is 9.47 Å². The van der Waals surface area contributed by atoms with Crippen molar-refractivity contribution in [1.29, 1.82) is 0 Å². The molecule has 24 heavy (non-hydrogen) atoms. The molecule has 0 spiro atoms. The molecule has 0 aromatic heterocycles. The first kappa shape index (κ1) is 16.4. The number of benzene rings is 2. The molecule has 0 bridgehead atoms. The van der Waals surface area contributed by atoms with E-state index in [9.17, 15) is 4.79 Å². The van der Waals surface area contributed by atoms with Crippen LogP contribution in [-0.2, 0) is 11.3 Å². The average molecular weight is 325 g/mol. The summed E-state index contributed by atoms with van der Waals surface area (Å²) in [6.45, 7) is 3.74. The molecule has 0 fully saturated rings. The topological polar surface area (TPSA) is 47.6 Å². The maximum Gasteiger partial charge on any atom is 0.227 e. The maximum absolute atomic E-state index is 12.6. The highest BCUT2D eigenvalue weighted by Crippen LogP contribution is 2.30. The molecule has 0 radical (unpaired) electrons. The standard InChI is InChI=1S/C20H23NO3/c1-2-6-17(16-7-4-3-5-8-16)20(22)21-14-15-9-10-18-19(13-15)24-12-11-23-18/h3-5,7-10,13,17H,2,6,11-12,14H2,1H3,(H,21,22)/t17-/m1/s1. The van der Waals surface area contributed by atoms with Crippen molar-refractivity contribution < 1.29 is 14.3 Å². The Morgan fingerprint density at radius 3 is 2.58 bits per heavy atom. The molecule has 0 unspecified atom stereocenters. The Bertz CT molecular complexity index is 685. The van der Waals surface area contributed by atoms with E-state index in [2.05, 4.69) is 12.2 Å². The lowest BCUT2D eigenvalue weighted by Gasteiger charge is -2.20. The molecule has 1 N–H and O–H groups in total. The van der Waals surface area contributed by atoms with E-state index in [-0.39, 0.29) is 11.8 Å². The van der Waals surface area contributed by atoms with E-state index in [0.717, 1.165) is 35.5 Å². The Kier molecular flexibility index (Phi) is 5.36. The van der Waals surface area contributed by atoms with Crippen molar-refractivity contribution in [2.45, 2.75) is 32.2 Å². The summed E-state index contributed by atoms with van der Waals surface area (Å²) in [5.41, 5.74) is 2.08. The van der Waals surface area contributed by atoms with Crippen LogP contribution in [0.25, 0.3) is 0 Å².